The molecule has 3 heterocycles. The monoisotopic (exact) mass is 441 g/mol. The summed E-state index contributed by atoms with van der Waals surface area (Å²) in [5.74, 6) is 1.32. The van der Waals surface area contributed by atoms with Crippen molar-refractivity contribution in [3.8, 4) is 22.6 Å². The molecule has 0 unspecified atom stereocenters. The van der Waals surface area contributed by atoms with Gasteiger partial charge in [0.2, 0.25) is 6.79 Å². The van der Waals surface area contributed by atoms with Crippen molar-refractivity contribution in [1.29, 1.82) is 0 Å². The topological polar surface area (TPSA) is 38.8 Å². The molecule has 4 nitrogen and oxygen atoms in total. The average Bonchev–Trinajstić information content (AvgIpc) is 3.29. The Bertz CT molecular complexity index is 1240. The van der Waals surface area contributed by atoms with Crippen LogP contribution < -0.4 is 14.4 Å². The molecule has 2 aliphatic rings. The smallest absolute Gasteiger partial charge is 0.259 e. The summed E-state index contributed by atoms with van der Waals surface area (Å²) in [5, 5.41) is 0. The first-order chi connectivity index (χ1) is 13.8. The molecule has 0 N–H and O–H groups in total. The van der Waals surface area contributed by atoms with E-state index in [1.807, 2.05) is 42.2 Å². The number of benzene rings is 2. The summed E-state index contributed by atoms with van der Waals surface area (Å²) < 4.78 is 12.1. The lowest BCUT2D eigenvalue weighted by atomic mass is 9.86. The molecule has 0 atom stereocenters. The number of carbonyl (C=O) groups is 1. The molecule has 29 heavy (non-hydrogen) atoms. The van der Waals surface area contributed by atoms with Crippen molar-refractivity contribution >= 4 is 44.5 Å². The van der Waals surface area contributed by atoms with Gasteiger partial charge in [-0.3, -0.25) is 9.69 Å². The quantitative estimate of drug-likeness (QED) is 0.321. The Labute approximate surface area is 181 Å². The molecule has 7 heteroatoms. The van der Waals surface area contributed by atoms with Crippen molar-refractivity contribution in [1.82, 2.24) is 0 Å². The van der Waals surface area contributed by atoms with Gasteiger partial charge in [-0.1, -0.05) is 39.0 Å². The highest BCUT2D eigenvalue weighted by molar-refractivity contribution is 7.80. The Morgan fingerprint density at radius 3 is 2.52 bits per heavy atom. The van der Waals surface area contributed by atoms with Gasteiger partial charge < -0.3 is 9.47 Å². The number of carbonyl (C=O) groups excluding carboxylic acids is 1. The van der Waals surface area contributed by atoms with Crippen LogP contribution in [-0.2, 0) is 5.54 Å². The summed E-state index contributed by atoms with van der Waals surface area (Å²) in [6.07, 6.45) is 0. The zero-order valence-electron chi connectivity index (χ0n) is 16.5. The highest BCUT2D eigenvalue weighted by Gasteiger charge is 2.44. The van der Waals surface area contributed by atoms with Crippen LogP contribution >= 0.6 is 32.9 Å². The molecule has 148 valence electrons. The van der Waals surface area contributed by atoms with Crippen LogP contribution in [0, 0.1) is 17.7 Å². The summed E-state index contributed by atoms with van der Waals surface area (Å²) in [6.45, 7) is 8.43. The van der Waals surface area contributed by atoms with E-state index in [0.717, 1.165) is 31.1 Å². The predicted molar refractivity (Wildman–Crippen MR) is 120 cm³/mol. The van der Waals surface area contributed by atoms with Gasteiger partial charge in [-0.05, 0) is 57.0 Å². The van der Waals surface area contributed by atoms with E-state index in [4.69, 9.17) is 21.7 Å². The first kappa shape index (κ1) is 18.8. The maximum absolute atomic E-state index is 13.8. The number of ether oxygens (including phenoxy) is 2. The van der Waals surface area contributed by atoms with Crippen molar-refractivity contribution in [3.63, 3.8) is 0 Å². The summed E-state index contributed by atoms with van der Waals surface area (Å²) in [5.41, 5.74) is 5.19. The number of anilines is 1. The number of nitrogens with zero attached hydrogens (tertiary/aromatic N) is 1. The highest BCUT2D eigenvalue weighted by atomic mass is 32.9. The standard InChI is InChI=1S/C22H19NO3S3/c1-11-5-6-13(7-12(11)2)20(24)23-15-9-17-16(25-10-26-17)8-14(15)18-19(22(23,3)4)28-29-21(18)27/h5-9H,10H2,1-4H3. The van der Waals surface area contributed by atoms with Crippen molar-refractivity contribution in [3.05, 3.63) is 55.7 Å². The van der Waals surface area contributed by atoms with Gasteiger partial charge in [0.25, 0.3) is 5.91 Å². The second-order valence-corrected chi connectivity index (χ2v) is 10.7. The fraction of sp³-hybridized carbons (Fsp3) is 0.273. The molecule has 1 aromatic heterocycles. The Kier molecular flexibility index (Phi) is 4.14. The van der Waals surface area contributed by atoms with Crippen LogP contribution in [-0.4, -0.2) is 12.7 Å². The third-order valence-corrected chi connectivity index (χ3v) is 9.03. The molecule has 0 fully saturated rings. The molecule has 5 rings (SSSR count). The Hall–Kier alpha value is -2.22. The first-order valence-electron chi connectivity index (χ1n) is 9.28. The van der Waals surface area contributed by atoms with Crippen LogP contribution in [0.1, 0.15) is 40.2 Å². The third kappa shape index (κ3) is 2.68. The predicted octanol–water partition coefficient (Wildman–Crippen LogP) is 6.45. The Morgan fingerprint density at radius 1 is 1.07 bits per heavy atom. The van der Waals surface area contributed by atoms with E-state index in [2.05, 4.69) is 20.8 Å². The van der Waals surface area contributed by atoms with Crippen LogP contribution in [0.5, 0.6) is 11.5 Å². The number of fused-ring (bicyclic) bond motifs is 4. The number of hydrogen-bond acceptors (Lipinski definition) is 6. The normalized spacial score (nSPS) is 15.8. The molecule has 0 saturated heterocycles. The molecule has 1 amide bonds. The van der Waals surface area contributed by atoms with E-state index in [-0.39, 0.29) is 12.7 Å². The van der Waals surface area contributed by atoms with Gasteiger partial charge in [0, 0.05) is 22.8 Å². The number of rotatable bonds is 1. The lowest BCUT2D eigenvalue weighted by molar-refractivity contribution is 0.0961. The molecule has 2 aromatic carbocycles. The zero-order chi connectivity index (χ0) is 20.5. The largest absolute Gasteiger partial charge is 0.454 e. The molecule has 0 aliphatic carbocycles. The van der Waals surface area contributed by atoms with Crippen LogP contribution in [0.2, 0.25) is 0 Å². The number of aryl methyl sites for hydroxylation is 2. The lowest BCUT2D eigenvalue weighted by Crippen LogP contribution is -2.47. The number of hydrogen-bond donors (Lipinski definition) is 0. The van der Waals surface area contributed by atoms with Crippen molar-refractivity contribution in [2.75, 3.05) is 11.7 Å². The zero-order valence-corrected chi connectivity index (χ0v) is 18.9. The summed E-state index contributed by atoms with van der Waals surface area (Å²) in [6, 6.07) is 9.74. The second-order valence-electron chi connectivity index (χ2n) is 7.88. The molecular formula is C22H19NO3S3. The maximum Gasteiger partial charge on any atom is 0.259 e. The van der Waals surface area contributed by atoms with Crippen LogP contribution in [0.3, 0.4) is 0 Å². The lowest BCUT2D eigenvalue weighted by Gasteiger charge is -2.43. The van der Waals surface area contributed by atoms with Crippen molar-refractivity contribution in [2.24, 2.45) is 0 Å². The van der Waals surface area contributed by atoms with Crippen LogP contribution in [0.4, 0.5) is 5.69 Å². The van der Waals surface area contributed by atoms with E-state index in [1.165, 1.54) is 5.56 Å². The molecule has 2 aliphatic heterocycles. The minimum Gasteiger partial charge on any atom is -0.454 e. The molecule has 0 saturated carbocycles. The van der Waals surface area contributed by atoms with Gasteiger partial charge >= 0.3 is 0 Å². The van der Waals surface area contributed by atoms with Crippen LogP contribution in [0.15, 0.2) is 30.3 Å². The summed E-state index contributed by atoms with van der Waals surface area (Å²) >= 11 is 5.66. The Balaban J connectivity index is 1.77. The van der Waals surface area contributed by atoms with Gasteiger partial charge in [-0.25, -0.2) is 0 Å². The second kappa shape index (κ2) is 6.39. The van der Waals surface area contributed by atoms with E-state index < -0.39 is 5.54 Å². The molecule has 0 radical (unpaired) electrons. The van der Waals surface area contributed by atoms with Gasteiger partial charge in [0.1, 0.15) is 3.82 Å². The van der Waals surface area contributed by atoms with E-state index >= 15 is 0 Å². The number of amides is 1. The van der Waals surface area contributed by atoms with Gasteiger partial charge in [-0.2, -0.15) is 0 Å². The molecule has 0 spiro atoms. The van der Waals surface area contributed by atoms with E-state index in [9.17, 15) is 4.79 Å². The average molecular weight is 442 g/mol. The minimum absolute atomic E-state index is 0.0341. The van der Waals surface area contributed by atoms with Gasteiger partial charge in [0.05, 0.1) is 16.1 Å². The SMILES string of the molecule is Cc1ccc(C(=O)N2c3cc4c(cc3-c3c(ssc3=S)C2(C)C)OCO4)cc1C. The maximum atomic E-state index is 13.8. The molecule has 3 aromatic rings. The fourth-order valence-corrected chi connectivity index (χ4v) is 7.26. The molecule has 0 bridgehead atoms. The third-order valence-electron chi connectivity index (χ3n) is 5.70. The minimum atomic E-state index is -0.538. The van der Waals surface area contributed by atoms with Gasteiger partial charge in [0.15, 0.2) is 11.5 Å². The van der Waals surface area contributed by atoms with E-state index in [1.54, 1.807) is 20.7 Å². The highest BCUT2D eigenvalue weighted by Crippen LogP contribution is 2.55. The van der Waals surface area contributed by atoms with Crippen molar-refractivity contribution in [2.45, 2.75) is 33.2 Å². The van der Waals surface area contributed by atoms with Gasteiger partial charge in [-0.15, -0.1) is 0 Å². The molecular weight excluding hydrogens is 422 g/mol. The van der Waals surface area contributed by atoms with E-state index in [0.29, 0.717) is 17.1 Å². The van der Waals surface area contributed by atoms with Crippen molar-refractivity contribution < 1.29 is 14.3 Å². The summed E-state index contributed by atoms with van der Waals surface area (Å²) in [7, 11) is 3.23. The fourth-order valence-electron chi connectivity index (χ4n) is 3.98. The first-order valence-corrected chi connectivity index (χ1v) is 11.8. The Morgan fingerprint density at radius 2 is 1.79 bits per heavy atom. The summed E-state index contributed by atoms with van der Waals surface area (Å²) in [4.78, 5) is 16.8. The van der Waals surface area contributed by atoms with Crippen LogP contribution in [0.25, 0.3) is 11.1 Å².